The molecule has 2 aromatic rings. The highest BCUT2D eigenvalue weighted by Gasteiger charge is 2.33. The Morgan fingerprint density at radius 2 is 2.05 bits per heavy atom. The number of rotatable bonds is 2. The van der Waals surface area contributed by atoms with E-state index >= 15 is 0 Å². The number of sulfonamides is 1. The van der Waals surface area contributed by atoms with Gasteiger partial charge in [-0.25, -0.2) is 0 Å². The maximum atomic E-state index is 13.0. The standard InChI is InChI=1S/C13H13ClN4O3S/c1-17-13(9(14)8-15-17)22(20,21)18-7-6-12(19)16-10-4-2-3-5-11(10)18/h2-5,8H,6-7H2,1H3,(H,16,19). The van der Waals surface area contributed by atoms with Crippen LogP contribution >= 0.6 is 11.6 Å². The van der Waals surface area contributed by atoms with Gasteiger partial charge in [0.15, 0.2) is 5.03 Å². The van der Waals surface area contributed by atoms with Gasteiger partial charge in [0.1, 0.15) is 0 Å². The molecule has 0 saturated heterocycles. The number of anilines is 2. The molecule has 0 fully saturated rings. The van der Waals surface area contributed by atoms with Crippen LogP contribution in [0.15, 0.2) is 35.5 Å². The summed E-state index contributed by atoms with van der Waals surface area (Å²) in [6, 6.07) is 6.74. The van der Waals surface area contributed by atoms with Crippen molar-refractivity contribution in [1.82, 2.24) is 9.78 Å². The number of halogens is 1. The average molecular weight is 341 g/mol. The van der Waals surface area contributed by atoms with Crippen LogP contribution in [-0.4, -0.2) is 30.7 Å². The van der Waals surface area contributed by atoms with Gasteiger partial charge >= 0.3 is 0 Å². The first kappa shape index (κ1) is 14.9. The van der Waals surface area contributed by atoms with Crippen molar-refractivity contribution >= 4 is 38.9 Å². The zero-order valence-electron chi connectivity index (χ0n) is 11.7. The summed E-state index contributed by atoms with van der Waals surface area (Å²) in [5.41, 5.74) is 0.859. The SMILES string of the molecule is Cn1ncc(Cl)c1S(=O)(=O)N1CCC(=O)Nc2ccccc21. The average Bonchev–Trinajstić information content (AvgIpc) is 2.70. The molecule has 7 nitrogen and oxygen atoms in total. The maximum Gasteiger partial charge on any atom is 0.283 e. The Bertz CT molecular complexity index is 827. The number of para-hydroxylation sites is 2. The molecule has 0 unspecified atom stereocenters. The van der Waals surface area contributed by atoms with Gasteiger partial charge in [0.2, 0.25) is 5.91 Å². The lowest BCUT2D eigenvalue weighted by atomic mass is 10.2. The lowest BCUT2D eigenvalue weighted by molar-refractivity contribution is -0.115. The van der Waals surface area contributed by atoms with E-state index in [1.54, 1.807) is 24.3 Å². The molecule has 1 aromatic carbocycles. The Morgan fingerprint density at radius 3 is 2.73 bits per heavy atom. The summed E-state index contributed by atoms with van der Waals surface area (Å²) in [7, 11) is -2.42. The van der Waals surface area contributed by atoms with Crippen LogP contribution in [0.25, 0.3) is 0 Å². The first-order valence-electron chi connectivity index (χ1n) is 6.50. The van der Waals surface area contributed by atoms with E-state index in [0.717, 1.165) is 0 Å². The lowest BCUT2D eigenvalue weighted by Crippen LogP contribution is -2.33. The van der Waals surface area contributed by atoms with E-state index in [1.165, 1.54) is 22.2 Å². The Balaban J connectivity index is 2.17. The quantitative estimate of drug-likeness (QED) is 0.900. The van der Waals surface area contributed by atoms with E-state index in [2.05, 4.69) is 10.4 Å². The molecule has 0 bridgehead atoms. The molecule has 0 atom stereocenters. The molecule has 22 heavy (non-hydrogen) atoms. The molecule has 1 N–H and O–H groups in total. The summed E-state index contributed by atoms with van der Waals surface area (Å²) < 4.78 is 28.3. The summed E-state index contributed by atoms with van der Waals surface area (Å²) >= 11 is 5.97. The van der Waals surface area contributed by atoms with E-state index < -0.39 is 10.0 Å². The molecule has 0 saturated carbocycles. The highest BCUT2D eigenvalue weighted by molar-refractivity contribution is 7.92. The summed E-state index contributed by atoms with van der Waals surface area (Å²) in [5.74, 6) is -0.235. The van der Waals surface area contributed by atoms with Gasteiger partial charge in [-0.1, -0.05) is 23.7 Å². The Kier molecular flexibility index (Phi) is 3.57. The van der Waals surface area contributed by atoms with Crippen LogP contribution in [0, 0.1) is 0 Å². The van der Waals surface area contributed by atoms with Crippen LogP contribution in [0.5, 0.6) is 0 Å². The minimum atomic E-state index is -3.93. The molecule has 1 aliphatic heterocycles. The third kappa shape index (κ3) is 2.34. The van der Waals surface area contributed by atoms with E-state index in [0.29, 0.717) is 11.4 Å². The number of nitrogens with one attached hydrogen (secondary N) is 1. The molecule has 0 aliphatic carbocycles. The van der Waals surface area contributed by atoms with Gasteiger partial charge in [0, 0.05) is 20.0 Å². The number of amides is 1. The molecule has 116 valence electrons. The topological polar surface area (TPSA) is 84.3 Å². The highest BCUT2D eigenvalue weighted by Crippen LogP contribution is 2.34. The molecule has 1 aromatic heterocycles. The van der Waals surface area contributed by atoms with Gasteiger partial charge in [-0.15, -0.1) is 0 Å². The summed E-state index contributed by atoms with van der Waals surface area (Å²) in [4.78, 5) is 11.8. The largest absolute Gasteiger partial charge is 0.324 e. The number of hydrogen-bond acceptors (Lipinski definition) is 4. The van der Waals surface area contributed by atoms with Crippen LogP contribution in [-0.2, 0) is 21.9 Å². The van der Waals surface area contributed by atoms with E-state index in [4.69, 9.17) is 11.6 Å². The molecule has 9 heteroatoms. The fourth-order valence-corrected chi connectivity index (χ4v) is 4.47. The molecule has 1 amide bonds. The number of benzene rings is 1. The summed E-state index contributed by atoms with van der Waals surface area (Å²) in [6.07, 6.45) is 1.34. The minimum Gasteiger partial charge on any atom is -0.324 e. The smallest absolute Gasteiger partial charge is 0.283 e. The van der Waals surface area contributed by atoms with Gasteiger partial charge in [0.25, 0.3) is 10.0 Å². The minimum absolute atomic E-state index is 0.0344. The van der Waals surface area contributed by atoms with Crippen molar-refractivity contribution in [3.05, 3.63) is 35.5 Å². The fourth-order valence-electron chi connectivity index (χ4n) is 2.38. The summed E-state index contributed by atoms with van der Waals surface area (Å²) in [5, 5.41) is 6.51. The lowest BCUT2D eigenvalue weighted by Gasteiger charge is -2.23. The molecular formula is C13H13ClN4O3S. The second kappa shape index (κ2) is 5.29. The number of hydrogen-bond donors (Lipinski definition) is 1. The van der Waals surface area contributed by atoms with Crippen molar-refractivity contribution in [2.45, 2.75) is 11.4 Å². The highest BCUT2D eigenvalue weighted by atomic mass is 35.5. The monoisotopic (exact) mass is 340 g/mol. The normalized spacial score (nSPS) is 15.2. The van der Waals surface area contributed by atoms with Crippen molar-refractivity contribution in [3.8, 4) is 0 Å². The van der Waals surface area contributed by atoms with Gasteiger partial charge in [-0.05, 0) is 12.1 Å². The number of aromatic nitrogens is 2. The molecule has 1 aliphatic rings. The van der Waals surface area contributed by atoms with Crippen molar-refractivity contribution in [1.29, 1.82) is 0 Å². The number of fused-ring (bicyclic) bond motifs is 1. The van der Waals surface area contributed by atoms with Gasteiger partial charge in [-0.2, -0.15) is 13.5 Å². The van der Waals surface area contributed by atoms with E-state index in [-0.39, 0.29) is 28.9 Å². The first-order valence-corrected chi connectivity index (χ1v) is 8.32. The molecule has 0 radical (unpaired) electrons. The van der Waals surface area contributed by atoms with Gasteiger partial charge in [-0.3, -0.25) is 13.8 Å². The first-order chi connectivity index (χ1) is 10.4. The van der Waals surface area contributed by atoms with E-state index in [1.807, 2.05) is 0 Å². The van der Waals surface area contributed by atoms with Gasteiger partial charge in [0.05, 0.1) is 22.6 Å². The number of aryl methyl sites for hydroxylation is 1. The second-order valence-electron chi connectivity index (χ2n) is 4.81. The number of carbonyl (C=O) groups excluding carboxylic acids is 1. The Hall–Kier alpha value is -2.06. The maximum absolute atomic E-state index is 13.0. The molecular weight excluding hydrogens is 328 g/mol. The summed E-state index contributed by atoms with van der Waals surface area (Å²) in [6.45, 7) is 0.0344. The third-order valence-corrected chi connectivity index (χ3v) is 5.69. The zero-order valence-corrected chi connectivity index (χ0v) is 13.2. The van der Waals surface area contributed by atoms with E-state index in [9.17, 15) is 13.2 Å². The molecule has 2 heterocycles. The number of carbonyl (C=O) groups is 1. The second-order valence-corrected chi connectivity index (χ2v) is 7.00. The zero-order chi connectivity index (χ0) is 15.9. The predicted molar refractivity (Wildman–Crippen MR) is 82.4 cm³/mol. The van der Waals surface area contributed by atoms with Crippen LogP contribution in [0.4, 0.5) is 11.4 Å². The van der Waals surface area contributed by atoms with Crippen molar-refractivity contribution in [2.75, 3.05) is 16.2 Å². The van der Waals surface area contributed by atoms with Crippen LogP contribution in [0.1, 0.15) is 6.42 Å². The van der Waals surface area contributed by atoms with Crippen molar-refractivity contribution in [3.63, 3.8) is 0 Å². The fraction of sp³-hybridized carbons (Fsp3) is 0.231. The Morgan fingerprint density at radius 1 is 1.32 bits per heavy atom. The van der Waals surface area contributed by atoms with Gasteiger partial charge < -0.3 is 5.32 Å². The number of nitrogens with zero attached hydrogens (tertiary/aromatic N) is 3. The van der Waals surface area contributed by atoms with Crippen molar-refractivity contribution in [2.24, 2.45) is 7.05 Å². The van der Waals surface area contributed by atoms with Crippen LogP contribution in [0.2, 0.25) is 5.02 Å². The Labute approximate surface area is 132 Å². The van der Waals surface area contributed by atoms with Crippen molar-refractivity contribution < 1.29 is 13.2 Å². The van der Waals surface area contributed by atoms with Crippen LogP contribution in [0.3, 0.4) is 0 Å². The molecule has 0 spiro atoms. The third-order valence-electron chi connectivity index (χ3n) is 3.37. The van der Waals surface area contributed by atoms with Crippen LogP contribution < -0.4 is 9.62 Å². The molecule has 3 rings (SSSR count). The predicted octanol–water partition coefficient (Wildman–Crippen LogP) is 1.61.